The van der Waals surface area contributed by atoms with Gasteiger partial charge in [0.15, 0.2) is 0 Å². The molecular formula is C24H26F2N2O5. The van der Waals surface area contributed by atoms with Crippen LogP contribution in [0.15, 0.2) is 48.5 Å². The number of hydrogen-bond acceptors (Lipinski definition) is 4. The minimum atomic E-state index is -4.02. The molecule has 0 aliphatic heterocycles. The first-order valence-corrected chi connectivity index (χ1v) is 10.4. The van der Waals surface area contributed by atoms with Crippen LogP contribution >= 0.6 is 0 Å². The zero-order valence-electron chi connectivity index (χ0n) is 18.5. The molecule has 0 fully saturated rings. The summed E-state index contributed by atoms with van der Waals surface area (Å²) in [6.45, 7) is 3.10. The molecule has 2 aromatic carbocycles. The first-order chi connectivity index (χ1) is 15.4. The van der Waals surface area contributed by atoms with E-state index in [0.717, 1.165) is 22.3 Å². The van der Waals surface area contributed by atoms with E-state index in [0.29, 0.717) is 0 Å². The lowest BCUT2D eigenvalue weighted by atomic mass is 9.86. The van der Waals surface area contributed by atoms with E-state index in [2.05, 4.69) is 0 Å². The lowest BCUT2D eigenvalue weighted by Gasteiger charge is -2.29. The van der Waals surface area contributed by atoms with E-state index < -0.39 is 41.9 Å². The van der Waals surface area contributed by atoms with Crippen molar-refractivity contribution in [2.45, 2.75) is 38.7 Å². The highest BCUT2D eigenvalue weighted by Crippen LogP contribution is 2.44. The number of carbonyl (C=O) groups is 3. The number of benzene rings is 2. The topological polar surface area (TPSA) is 105 Å². The van der Waals surface area contributed by atoms with Gasteiger partial charge in [0, 0.05) is 5.92 Å². The van der Waals surface area contributed by atoms with Gasteiger partial charge in [-0.1, -0.05) is 69.3 Å². The molecule has 0 spiro atoms. The van der Waals surface area contributed by atoms with Gasteiger partial charge in [-0.15, -0.1) is 0 Å². The standard InChI is InChI=1S/C24H26F2N2O5/c1-23(2,3)19(20(29)30)28-21(31)24(25,26)13-27-22(32)33-12-18-16-10-6-4-8-14(16)15-9-5-7-11-17(15)18/h4-11,18-19H,12-13H2,1-3H3,(H,27,32)(H,28,31)(H,29,30)/t19-/m0/s1. The number of hydrogen-bond donors (Lipinski definition) is 3. The molecule has 0 saturated heterocycles. The van der Waals surface area contributed by atoms with E-state index >= 15 is 0 Å². The molecule has 2 amide bonds. The minimum absolute atomic E-state index is 0.0667. The largest absolute Gasteiger partial charge is 0.480 e. The Morgan fingerprint density at radius 2 is 1.52 bits per heavy atom. The van der Waals surface area contributed by atoms with E-state index in [1.807, 2.05) is 59.2 Å². The molecule has 0 saturated carbocycles. The Balaban J connectivity index is 1.58. The van der Waals surface area contributed by atoms with Crippen LogP contribution in [0.5, 0.6) is 0 Å². The Hall–Kier alpha value is -3.49. The first kappa shape index (κ1) is 24.2. The lowest BCUT2D eigenvalue weighted by molar-refractivity contribution is -0.153. The quantitative estimate of drug-likeness (QED) is 0.583. The Morgan fingerprint density at radius 3 is 2.00 bits per heavy atom. The van der Waals surface area contributed by atoms with Gasteiger partial charge in [0.25, 0.3) is 5.91 Å². The van der Waals surface area contributed by atoms with Crippen LogP contribution in [0.25, 0.3) is 11.1 Å². The van der Waals surface area contributed by atoms with Crippen molar-refractivity contribution < 1.29 is 33.0 Å². The number of alkyl carbamates (subject to hydrolysis) is 1. The second-order valence-electron chi connectivity index (χ2n) is 8.99. The van der Waals surface area contributed by atoms with Gasteiger partial charge in [-0.05, 0) is 27.7 Å². The number of carboxylic acids is 1. The van der Waals surface area contributed by atoms with Gasteiger partial charge < -0.3 is 20.5 Å². The average molecular weight is 460 g/mol. The van der Waals surface area contributed by atoms with Crippen LogP contribution in [-0.2, 0) is 14.3 Å². The summed E-state index contributed by atoms with van der Waals surface area (Å²) in [6, 6.07) is 13.8. The summed E-state index contributed by atoms with van der Waals surface area (Å²) in [6.07, 6.45) is -1.10. The predicted octanol–water partition coefficient (Wildman–Crippen LogP) is 3.78. The number of aliphatic carboxylic acids is 1. The van der Waals surface area contributed by atoms with Crippen LogP contribution in [0.4, 0.5) is 13.6 Å². The molecule has 0 heterocycles. The van der Waals surface area contributed by atoms with Crippen molar-refractivity contribution in [3.63, 3.8) is 0 Å². The maximum absolute atomic E-state index is 14.2. The minimum Gasteiger partial charge on any atom is -0.480 e. The molecule has 9 heteroatoms. The summed E-state index contributed by atoms with van der Waals surface area (Å²) in [5.74, 6) is -7.49. The molecule has 3 rings (SSSR count). The highest BCUT2D eigenvalue weighted by Gasteiger charge is 2.43. The number of carboxylic acid groups (broad SMARTS) is 1. The Labute approximate surface area is 190 Å². The Bertz CT molecular complexity index is 1020. The van der Waals surface area contributed by atoms with Gasteiger partial charge >= 0.3 is 18.0 Å². The molecule has 1 aliphatic carbocycles. The van der Waals surface area contributed by atoms with Crippen LogP contribution in [0.3, 0.4) is 0 Å². The normalized spacial score (nSPS) is 14.1. The number of fused-ring (bicyclic) bond motifs is 3. The van der Waals surface area contributed by atoms with E-state index in [1.54, 1.807) is 0 Å². The number of alkyl halides is 2. The highest BCUT2D eigenvalue weighted by atomic mass is 19.3. The van der Waals surface area contributed by atoms with E-state index in [9.17, 15) is 28.3 Å². The number of amides is 2. The fourth-order valence-electron chi connectivity index (χ4n) is 3.80. The molecule has 2 aromatic rings. The molecule has 0 unspecified atom stereocenters. The fourth-order valence-corrected chi connectivity index (χ4v) is 3.80. The van der Waals surface area contributed by atoms with Crippen molar-refractivity contribution in [2.24, 2.45) is 5.41 Å². The van der Waals surface area contributed by atoms with Crippen molar-refractivity contribution in [2.75, 3.05) is 13.2 Å². The van der Waals surface area contributed by atoms with Crippen LogP contribution in [0.2, 0.25) is 0 Å². The summed E-state index contributed by atoms with van der Waals surface area (Å²) in [4.78, 5) is 35.4. The molecule has 1 aliphatic rings. The van der Waals surface area contributed by atoms with Crippen molar-refractivity contribution in [3.05, 3.63) is 59.7 Å². The molecular weight excluding hydrogens is 434 g/mol. The number of rotatable bonds is 7. The van der Waals surface area contributed by atoms with Crippen molar-refractivity contribution >= 4 is 18.0 Å². The summed E-state index contributed by atoms with van der Waals surface area (Å²) < 4.78 is 33.7. The van der Waals surface area contributed by atoms with Crippen molar-refractivity contribution in [1.82, 2.24) is 10.6 Å². The highest BCUT2D eigenvalue weighted by molar-refractivity contribution is 5.89. The molecule has 0 bridgehead atoms. The van der Waals surface area contributed by atoms with Crippen LogP contribution in [-0.4, -0.2) is 48.2 Å². The average Bonchev–Trinajstić information content (AvgIpc) is 3.07. The Morgan fingerprint density at radius 1 is 1.00 bits per heavy atom. The summed E-state index contributed by atoms with van der Waals surface area (Å²) in [5.41, 5.74) is 3.00. The maximum Gasteiger partial charge on any atom is 0.407 e. The summed E-state index contributed by atoms with van der Waals surface area (Å²) >= 11 is 0. The molecule has 1 atom stereocenters. The molecule has 33 heavy (non-hydrogen) atoms. The third-order valence-electron chi connectivity index (χ3n) is 5.52. The van der Waals surface area contributed by atoms with Gasteiger partial charge in [0.2, 0.25) is 0 Å². The summed E-state index contributed by atoms with van der Waals surface area (Å²) in [5, 5.41) is 12.9. The molecule has 3 N–H and O–H groups in total. The van der Waals surface area contributed by atoms with Crippen molar-refractivity contribution in [3.8, 4) is 11.1 Å². The third kappa shape index (κ3) is 5.30. The predicted molar refractivity (Wildman–Crippen MR) is 117 cm³/mol. The molecule has 7 nitrogen and oxygen atoms in total. The number of nitrogens with one attached hydrogen (secondary N) is 2. The maximum atomic E-state index is 14.2. The summed E-state index contributed by atoms with van der Waals surface area (Å²) in [7, 11) is 0. The zero-order valence-corrected chi connectivity index (χ0v) is 18.5. The second-order valence-corrected chi connectivity index (χ2v) is 8.99. The van der Waals surface area contributed by atoms with E-state index in [1.165, 1.54) is 20.8 Å². The van der Waals surface area contributed by atoms with Gasteiger partial charge in [-0.3, -0.25) is 4.79 Å². The monoisotopic (exact) mass is 460 g/mol. The zero-order chi connectivity index (χ0) is 24.4. The van der Waals surface area contributed by atoms with Gasteiger partial charge in [-0.2, -0.15) is 8.78 Å². The number of carbonyl (C=O) groups excluding carboxylic acids is 2. The van der Waals surface area contributed by atoms with Crippen LogP contribution in [0.1, 0.15) is 37.8 Å². The van der Waals surface area contributed by atoms with Crippen LogP contribution < -0.4 is 10.6 Å². The number of halogens is 2. The van der Waals surface area contributed by atoms with Gasteiger partial charge in [0.05, 0.1) is 6.54 Å². The second kappa shape index (κ2) is 9.17. The molecule has 0 aromatic heterocycles. The number of ether oxygens (including phenoxy) is 1. The van der Waals surface area contributed by atoms with E-state index in [-0.39, 0.29) is 12.5 Å². The van der Waals surface area contributed by atoms with Gasteiger partial charge in [0.1, 0.15) is 12.6 Å². The fraction of sp³-hybridized carbons (Fsp3) is 0.375. The first-order valence-electron chi connectivity index (χ1n) is 10.4. The van der Waals surface area contributed by atoms with Crippen molar-refractivity contribution in [1.29, 1.82) is 0 Å². The van der Waals surface area contributed by atoms with Gasteiger partial charge in [-0.25, -0.2) is 9.59 Å². The SMILES string of the molecule is CC(C)(C)[C@@H](NC(=O)C(F)(F)CNC(=O)OCC1c2ccccc2-c2ccccc21)C(=O)O. The smallest absolute Gasteiger partial charge is 0.407 e. The van der Waals surface area contributed by atoms with Crippen LogP contribution in [0, 0.1) is 5.41 Å². The lowest BCUT2D eigenvalue weighted by Crippen LogP contribution is -2.56. The third-order valence-corrected chi connectivity index (χ3v) is 5.52. The Kier molecular flexibility index (Phi) is 6.71. The molecule has 176 valence electrons. The molecule has 0 radical (unpaired) electrons. The van der Waals surface area contributed by atoms with E-state index in [4.69, 9.17) is 4.74 Å².